The van der Waals surface area contributed by atoms with Crippen molar-refractivity contribution in [2.45, 2.75) is 20.2 Å². The van der Waals surface area contributed by atoms with Gasteiger partial charge in [-0.15, -0.1) is 13.2 Å². The summed E-state index contributed by atoms with van der Waals surface area (Å²) in [6.07, 6.45) is -4.83. The summed E-state index contributed by atoms with van der Waals surface area (Å²) in [6, 6.07) is 9.56. The van der Waals surface area contributed by atoms with E-state index in [1.165, 1.54) is 12.1 Å². The van der Waals surface area contributed by atoms with Crippen molar-refractivity contribution in [1.82, 2.24) is 0 Å². The molecule has 0 spiro atoms. The zero-order chi connectivity index (χ0) is 14.9. The fourth-order valence-electron chi connectivity index (χ4n) is 2.03. The number of aromatic hydroxyl groups is 1. The lowest BCUT2D eigenvalue weighted by molar-refractivity contribution is -0.275. The van der Waals surface area contributed by atoms with Crippen LogP contribution in [0.5, 0.6) is 11.5 Å². The molecule has 2 aromatic rings. The Balaban J connectivity index is 2.45. The number of hydrogen-bond acceptors (Lipinski definition) is 2. The molecule has 0 amide bonds. The van der Waals surface area contributed by atoms with Crippen LogP contribution in [0.25, 0.3) is 11.1 Å². The molecule has 1 N–H and O–H groups in total. The monoisotopic (exact) mass is 282 g/mol. The summed E-state index contributed by atoms with van der Waals surface area (Å²) in [5.74, 6) is -1.15. The lowest BCUT2D eigenvalue weighted by Crippen LogP contribution is -2.17. The summed E-state index contributed by atoms with van der Waals surface area (Å²) < 4.78 is 40.6. The van der Waals surface area contributed by atoms with Crippen LogP contribution in [0.1, 0.15) is 11.1 Å². The lowest BCUT2D eigenvalue weighted by atomic mass is 9.98. The maximum absolute atomic E-state index is 12.3. The van der Waals surface area contributed by atoms with Crippen molar-refractivity contribution in [3.05, 3.63) is 47.5 Å². The van der Waals surface area contributed by atoms with Crippen LogP contribution < -0.4 is 4.74 Å². The van der Waals surface area contributed by atoms with Gasteiger partial charge in [0, 0.05) is 0 Å². The van der Waals surface area contributed by atoms with Crippen molar-refractivity contribution < 1.29 is 23.0 Å². The highest BCUT2D eigenvalue weighted by atomic mass is 19.4. The van der Waals surface area contributed by atoms with Gasteiger partial charge in [0.15, 0.2) is 11.5 Å². The summed E-state index contributed by atoms with van der Waals surface area (Å²) in [5, 5.41) is 9.43. The van der Waals surface area contributed by atoms with Crippen molar-refractivity contribution in [3.8, 4) is 22.6 Å². The second-order valence-electron chi connectivity index (χ2n) is 4.55. The highest BCUT2D eigenvalue weighted by Crippen LogP contribution is 2.36. The first kappa shape index (κ1) is 14.2. The number of benzene rings is 2. The maximum Gasteiger partial charge on any atom is 0.573 e. The van der Waals surface area contributed by atoms with Crippen LogP contribution in [0.2, 0.25) is 0 Å². The van der Waals surface area contributed by atoms with E-state index in [0.717, 1.165) is 16.7 Å². The Kier molecular flexibility index (Phi) is 3.61. The van der Waals surface area contributed by atoms with Crippen LogP contribution in [0.15, 0.2) is 36.4 Å². The molecule has 0 aromatic heterocycles. The molecular weight excluding hydrogens is 269 g/mol. The SMILES string of the molecule is Cc1ccc(-c2ccc(O)c(OC(F)(F)F)c2)c(C)c1. The zero-order valence-corrected chi connectivity index (χ0v) is 11.0. The largest absolute Gasteiger partial charge is 0.573 e. The molecule has 5 heteroatoms. The topological polar surface area (TPSA) is 29.5 Å². The number of rotatable bonds is 2. The van der Waals surface area contributed by atoms with Gasteiger partial charge < -0.3 is 9.84 Å². The number of phenols is 1. The fraction of sp³-hybridized carbons (Fsp3) is 0.200. The van der Waals surface area contributed by atoms with Crippen LogP contribution in [-0.2, 0) is 0 Å². The average Bonchev–Trinajstić information content (AvgIpc) is 2.30. The number of aryl methyl sites for hydroxylation is 2. The first-order chi connectivity index (χ1) is 9.26. The van der Waals surface area contributed by atoms with Crippen LogP contribution >= 0.6 is 0 Å². The van der Waals surface area contributed by atoms with E-state index in [-0.39, 0.29) is 0 Å². The first-order valence-corrected chi connectivity index (χ1v) is 5.92. The second-order valence-corrected chi connectivity index (χ2v) is 4.55. The highest BCUT2D eigenvalue weighted by molar-refractivity contribution is 5.70. The molecule has 2 aromatic carbocycles. The molecule has 0 fully saturated rings. The minimum absolute atomic E-state index is 0.546. The van der Waals surface area contributed by atoms with E-state index in [1.54, 1.807) is 6.07 Å². The van der Waals surface area contributed by atoms with E-state index in [1.807, 2.05) is 32.0 Å². The van der Waals surface area contributed by atoms with Gasteiger partial charge in [-0.2, -0.15) is 0 Å². The molecule has 0 saturated heterocycles. The van der Waals surface area contributed by atoms with Crippen molar-refractivity contribution in [2.24, 2.45) is 0 Å². The number of halogens is 3. The Bertz CT molecular complexity index is 634. The molecule has 20 heavy (non-hydrogen) atoms. The van der Waals surface area contributed by atoms with Gasteiger partial charge >= 0.3 is 6.36 Å². The summed E-state index contributed by atoms with van der Waals surface area (Å²) in [7, 11) is 0. The number of alkyl halides is 3. The summed E-state index contributed by atoms with van der Waals surface area (Å²) >= 11 is 0. The van der Waals surface area contributed by atoms with Gasteiger partial charge in [-0.1, -0.05) is 29.8 Å². The first-order valence-electron chi connectivity index (χ1n) is 5.92. The third-order valence-corrected chi connectivity index (χ3v) is 2.88. The molecule has 0 aliphatic carbocycles. The molecule has 0 aliphatic rings. The highest BCUT2D eigenvalue weighted by Gasteiger charge is 2.32. The molecule has 106 valence electrons. The van der Waals surface area contributed by atoms with Crippen molar-refractivity contribution in [3.63, 3.8) is 0 Å². The Morgan fingerprint density at radius 3 is 2.30 bits per heavy atom. The molecule has 0 saturated carbocycles. The van der Waals surface area contributed by atoms with E-state index < -0.39 is 17.9 Å². The van der Waals surface area contributed by atoms with Gasteiger partial charge in [0.2, 0.25) is 0 Å². The summed E-state index contributed by atoms with van der Waals surface area (Å²) in [4.78, 5) is 0. The van der Waals surface area contributed by atoms with Crippen LogP contribution in [0, 0.1) is 13.8 Å². The Hall–Kier alpha value is -2.17. The number of hydrogen-bond donors (Lipinski definition) is 1. The van der Waals surface area contributed by atoms with Gasteiger partial charge in [-0.05, 0) is 42.7 Å². The molecule has 2 nitrogen and oxygen atoms in total. The minimum Gasteiger partial charge on any atom is -0.504 e. The van der Waals surface area contributed by atoms with E-state index in [9.17, 15) is 18.3 Å². The predicted molar refractivity (Wildman–Crippen MR) is 69.7 cm³/mol. The van der Waals surface area contributed by atoms with E-state index in [4.69, 9.17) is 0 Å². The third-order valence-electron chi connectivity index (χ3n) is 2.88. The Labute approximate surface area is 114 Å². The molecule has 0 heterocycles. The van der Waals surface area contributed by atoms with Crippen LogP contribution in [0.3, 0.4) is 0 Å². The molecule has 0 bridgehead atoms. The zero-order valence-electron chi connectivity index (χ0n) is 11.0. The molecule has 0 radical (unpaired) electrons. The van der Waals surface area contributed by atoms with Crippen molar-refractivity contribution >= 4 is 0 Å². The maximum atomic E-state index is 12.3. The van der Waals surface area contributed by atoms with Crippen LogP contribution in [-0.4, -0.2) is 11.5 Å². The fourth-order valence-corrected chi connectivity index (χ4v) is 2.03. The van der Waals surface area contributed by atoms with E-state index in [0.29, 0.717) is 5.56 Å². The van der Waals surface area contributed by atoms with Gasteiger partial charge in [-0.3, -0.25) is 0 Å². The predicted octanol–water partition coefficient (Wildman–Crippen LogP) is 4.57. The molecular formula is C15H13F3O2. The lowest BCUT2D eigenvalue weighted by Gasteiger charge is -2.13. The Morgan fingerprint density at radius 2 is 1.70 bits per heavy atom. The Morgan fingerprint density at radius 1 is 1.00 bits per heavy atom. The molecule has 0 unspecified atom stereocenters. The number of phenolic OH excluding ortho intramolecular Hbond substituents is 1. The van der Waals surface area contributed by atoms with Gasteiger partial charge in [0.1, 0.15) is 0 Å². The van der Waals surface area contributed by atoms with Gasteiger partial charge in [0.25, 0.3) is 0 Å². The molecule has 0 aliphatic heterocycles. The smallest absolute Gasteiger partial charge is 0.504 e. The normalized spacial score (nSPS) is 11.4. The second kappa shape index (κ2) is 5.07. The van der Waals surface area contributed by atoms with E-state index >= 15 is 0 Å². The van der Waals surface area contributed by atoms with Crippen LogP contribution in [0.4, 0.5) is 13.2 Å². The standard InChI is InChI=1S/C15H13F3O2/c1-9-3-5-12(10(2)7-9)11-4-6-13(19)14(8-11)20-15(16,17)18/h3-8,19H,1-2H3. The van der Waals surface area contributed by atoms with Gasteiger partial charge in [0.05, 0.1) is 0 Å². The third kappa shape index (κ3) is 3.23. The molecule has 0 atom stereocenters. The van der Waals surface area contributed by atoms with E-state index in [2.05, 4.69) is 4.74 Å². The molecule has 2 rings (SSSR count). The van der Waals surface area contributed by atoms with Gasteiger partial charge in [-0.25, -0.2) is 0 Å². The quantitative estimate of drug-likeness (QED) is 0.874. The summed E-state index contributed by atoms with van der Waals surface area (Å²) in [5.41, 5.74) is 3.35. The summed E-state index contributed by atoms with van der Waals surface area (Å²) in [6.45, 7) is 3.81. The minimum atomic E-state index is -4.83. The van der Waals surface area contributed by atoms with Crippen molar-refractivity contribution in [1.29, 1.82) is 0 Å². The van der Waals surface area contributed by atoms with Crippen molar-refractivity contribution in [2.75, 3.05) is 0 Å². The number of ether oxygens (including phenoxy) is 1. The average molecular weight is 282 g/mol.